The van der Waals surface area contributed by atoms with Gasteiger partial charge in [-0.15, -0.1) is 0 Å². The van der Waals surface area contributed by atoms with Crippen LogP contribution in [0.4, 0.5) is 10.5 Å². The van der Waals surface area contributed by atoms with Gasteiger partial charge < -0.3 is 20.7 Å². The first-order valence-electron chi connectivity index (χ1n) is 16.0. The Morgan fingerprint density at radius 1 is 1.00 bits per heavy atom. The van der Waals surface area contributed by atoms with E-state index in [2.05, 4.69) is 15.6 Å². The van der Waals surface area contributed by atoms with Crippen LogP contribution in [0, 0.1) is 23.2 Å². The molecule has 2 aromatic carbocycles. The van der Waals surface area contributed by atoms with Crippen molar-refractivity contribution < 1.29 is 9.53 Å². The number of amides is 2. The van der Waals surface area contributed by atoms with Crippen LogP contribution in [0.15, 0.2) is 83.6 Å². The Hall–Kier alpha value is -4.86. The van der Waals surface area contributed by atoms with Crippen LogP contribution in [0.2, 0.25) is 0 Å². The molecule has 3 aromatic rings. The number of ether oxygens (including phenoxy) is 1. The molecule has 2 atom stereocenters. The maximum atomic E-state index is 13.4. The minimum Gasteiger partial charge on any atom is -0.484 e. The number of aliphatic imine (C=N–C) groups is 1. The summed E-state index contributed by atoms with van der Waals surface area (Å²) in [5, 5.41) is 23.2. The lowest BCUT2D eigenvalue weighted by atomic mass is 9.85. The normalized spacial score (nSPS) is 18.8. The highest BCUT2D eigenvalue weighted by Gasteiger charge is 2.30. The molecule has 6 N–H and O–H groups in total. The van der Waals surface area contributed by atoms with Crippen molar-refractivity contribution in [1.82, 2.24) is 20.1 Å². The summed E-state index contributed by atoms with van der Waals surface area (Å²) in [6.45, 7) is 9.71. The lowest BCUT2D eigenvalue weighted by molar-refractivity contribution is 0.171. The number of benzene rings is 2. The lowest BCUT2D eigenvalue weighted by Crippen LogP contribution is -2.43. The molecule has 242 valence electrons. The first-order chi connectivity index (χ1) is 22.0. The summed E-state index contributed by atoms with van der Waals surface area (Å²) in [6, 6.07) is 18.6. The molecule has 0 bridgehead atoms. The standard InChI is InChI=1S/C36H46N8O2/c1-24-12-14-25(15-13-24)40-33(22-31(37)36(2,3)4)42-35(45)41-29-17-18-30(28-11-7-6-10-27(28)29)46-26-16-19-32(38)44(23-26)34(39)43-20-8-5-9-21-43/h6-7,10-16,19,22-23,29-30,38-39H,5,8-9,17-18,20-21,37H2,1-4H3,(H2,40,41,42,45)/b31-22-,38-32?,39-34?/t29-,30+/m0/s1. The monoisotopic (exact) mass is 622 g/mol. The van der Waals surface area contributed by atoms with Crippen molar-refractivity contribution in [2.75, 3.05) is 13.1 Å². The maximum Gasteiger partial charge on any atom is 0.320 e. The van der Waals surface area contributed by atoms with Gasteiger partial charge in [-0.05, 0) is 74.4 Å². The SMILES string of the molecule is Cc1ccc(N=C(/C=C(\N)C(C)(C)C)NC(=O)N[C@H]2CC[C@@H](Oc3ccc(=N)n(C(=N)N4CCCCC4)c3)c3ccccc32)cc1. The number of rotatable bonds is 5. The number of amidine groups is 1. The predicted molar refractivity (Wildman–Crippen MR) is 182 cm³/mol. The Kier molecular flexibility index (Phi) is 9.94. The third-order valence-corrected chi connectivity index (χ3v) is 8.51. The number of allylic oxidation sites excluding steroid dienone is 1. The van der Waals surface area contributed by atoms with E-state index in [-0.39, 0.29) is 29.1 Å². The summed E-state index contributed by atoms with van der Waals surface area (Å²) in [5.41, 5.74) is 10.7. The number of aryl methyl sites for hydroxylation is 1. The Bertz CT molecular complexity index is 1680. The molecule has 5 rings (SSSR count). The number of likely N-dealkylation sites (tertiary alicyclic amines) is 1. The summed E-state index contributed by atoms with van der Waals surface area (Å²) >= 11 is 0. The highest BCUT2D eigenvalue weighted by Crippen LogP contribution is 2.38. The first-order valence-corrected chi connectivity index (χ1v) is 16.0. The molecular weight excluding hydrogens is 576 g/mol. The first kappa shape index (κ1) is 32.5. The van der Waals surface area contributed by atoms with Crippen LogP contribution in [0.5, 0.6) is 5.75 Å². The number of nitrogens with one attached hydrogen (secondary N) is 4. The summed E-state index contributed by atoms with van der Waals surface area (Å²) in [4.78, 5) is 20.1. The van der Waals surface area contributed by atoms with E-state index in [0.717, 1.165) is 42.6 Å². The largest absolute Gasteiger partial charge is 0.484 e. The molecule has 1 aliphatic carbocycles. The highest BCUT2D eigenvalue weighted by atomic mass is 16.5. The van der Waals surface area contributed by atoms with Gasteiger partial charge in [0.25, 0.3) is 0 Å². The molecule has 2 heterocycles. The van der Waals surface area contributed by atoms with Crippen LogP contribution >= 0.6 is 0 Å². The summed E-state index contributed by atoms with van der Waals surface area (Å²) < 4.78 is 8.08. The van der Waals surface area contributed by atoms with E-state index >= 15 is 0 Å². The number of pyridine rings is 1. The Labute approximate surface area is 271 Å². The molecule has 0 radical (unpaired) electrons. The molecule has 10 nitrogen and oxygen atoms in total. The molecule has 1 aromatic heterocycles. The number of aromatic nitrogens is 1. The highest BCUT2D eigenvalue weighted by molar-refractivity contribution is 6.05. The van der Waals surface area contributed by atoms with Crippen molar-refractivity contribution in [2.24, 2.45) is 16.1 Å². The van der Waals surface area contributed by atoms with Crippen LogP contribution in [0.3, 0.4) is 0 Å². The molecule has 10 heteroatoms. The van der Waals surface area contributed by atoms with E-state index in [9.17, 15) is 4.79 Å². The van der Waals surface area contributed by atoms with Gasteiger partial charge in [0.05, 0.1) is 17.9 Å². The van der Waals surface area contributed by atoms with Crippen molar-refractivity contribution in [2.45, 2.75) is 71.9 Å². The van der Waals surface area contributed by atoms with Gasteiger partial charge in [-0.2, -0.15) is 0 Å². The molecule has 2 aliphatic rings. The molecular formula is C36H46N8O2. The molecule has 2 amide bonds. The second-order valence-electron chi connectivity index (χ2n) is 13.1. The predicted octanol–water partition coefficient (Wildman–Crippen LogP) is 6.42. The molecule has 0 saturated carbocycles. The fraction of sp³-hybridized carbons (Fsp3) is 0.389. The Balaban J connectivity index is 1.32. The minimum absolute atomic E-state index is 0.228. The zero-order valence-electron chi connectivity index (χ0n) is 27.3. The number of fused-ring (bicyclic) bond motifs is 1. The molecule has 1 aliphatic heterocycles. The van der Waals surface area contributed by atoms with Crippen LogP contribution < -0.4 is 26.6 Å². The number of piperidine rings is 1. The number of hydrogen-bond acceptors (Lipinski definition) is 6. The second-order valence-corrected chi connectivity index (χ2v) is 13.1. The van der Waals surface area contributed by atoms with Gasteiger partial charge in [-0.1, -0.05) is 62.7 Å². The van der Waals surface area contributed by atoms with Gasteiger partial charge in [-0.25, -0.2) is 9.79 Å². The number of carbonyl (C=O) groups excluding carboxylic acids is 1. The van der Waals surface area contributed by atoms with Gasteiger partial charge in [-0.3, -0.25) is 20.7 Å². The lowest BCUT2D eigenvalue weighted by Gasteiger charge is -2.33. The fourth-order valence-electron chi connectivity index (χ4n) is 5.70. The van der Waals surface area contributed by atoms with E-state index in [1.54, 1.807) is 29.0 Å². The quantitative estimate of drug-likeness (QED) is 0.165. The van der Waals surface area contributed by atoms with E-state index in [4.69, 9.17) is 21.3 Å². The van der Waals surface area contributed by atoms with Crippen molar-refractivity contribution in [3.63, 3.8) is 0 Å². The van der Waals surface area contributed by atoms with Crippen LogP contribution in [0.1, 0.15) is 81.7 Å². The Morgan fingerprint density at radius 2 is 1.70 bits per heavy atom. The van der Waals surface area contributed by atoms with Crippen molar-refractivity contribution >= 4 is 23.5 Å². The molecule has 1 fully saturated rings. The van der Waals surface area contributed by atoms with E-state index in [0.29, 0.717) is 41.8 Å². The van der Waals surface area contributed by atoms with Gasteiger partial charge in [0.2, 0.25) is 5.96 Å². The molecule has 46 heavy (non-hydrogen) atoms. The van der Waals surface area contributed by atoms with Gasteiger partial charge in [0.1, 0.15) is 23.2 Å². The number of nitrogens with zero attached hydrogens (tertiary/aromatic N) is 3. The Morgan fingerprint density at radius 3 is 2.39 bits per heavy atom. The zero-order chi connectivity index (χ0) is 32.8. The average molecular weight is 623 g/mol. The fourth-order valence-corrected chi connectivity index (χ4v) is 5.70. The summed E-state index contributed by atoms with van der Waals surface area (Å²) in [7, 11) is 0. The van der Waals surface area contributed by atoms with Gasteiger partial charge in [0, 0.05) is 30.3 Å². The average Bonchev–Trinajstić information content (AvgIpc) is 3.03. The van der Waals surface area contributed by atoms with Crippen molar-refractivity contribution in [3.05, 3.63) is 101 Å². The van der Waals surface area contributed by atoms with E-state index in [1.165, 1.54) is 6.42 Å². The van der Waals surface area contributed by atoms with Crippen LogP contribution in [-0.4, -0.2) is 40.4 Å². The van der Waals surface area contributed by atoms with Crippen molar-refractivity contribution in [1.29, 1.82) is 10.8 Å². The van der Waals surface area contributed by atoms with E-state index < -0.39 is 0 Å². The minimum atomic E-state index is -0.369. The number of urea groups is 1. The maximum absolute atomic E-state index is 13.4. The summed E-state index contributed by atoms with van der Waals surface area (Å²) in [5.74, 6) is 1.26. The number of carbonyl (C=O) groups is 1. The molecule has 1 saturated heterocycles. The third-order valence-electron chi connectivity index (χ3n) is 8.51. The van der Waals surface area contributed by atoms with Crippen molar-refractivity contribution in [3.8, 4) is 5.75 Å². The zero-order valence-corrected chi connectivity index (χ0v) is 27.3. The second kappa shape index (κ2) is 14.1. The summed E-state index contributed by atoms with van der Waals surface area (Å²) in [6.07, 6.45) is 7.86. The number of nitrogens with two attached hydrogens (primary N) is 1. The number of hydrogen-bond donors (Lipinski definition) is 5. The molecule has 0 unspecified atom stereocenters. The van der Waals surface area contributed by atoms with Gasteiger partial charge in [0.15, 0.2) is 0 Å². The van der Waals surface area contributed by atoms with Crippen LogP contribution in [0.25, 0.3) is 0 Å². The topological polar surface area (TPSA) is 145 Å². The van der Waals surface area contributed by atoms with Crippen LogP contribution in [-0.2, 0) is 0 Å². The molecule has 0 spiro atoms. The van der Waals surface area contributed by atoms with E-state index in [1.807, 2.05) is 81.1 Å². The third kappa shape index (κ3) is 8.04. The van der Waals surface area contributed by atoms with Gasteiger partial charge >= 0.3 is 6.03 Å². The smallest absolute Gasteiger partial charge is 0.320 e.